The zero-order valence-electron chi connectivity index (χ0n) is 14.3. The lowest BCUT2D eigenvalue weighted by Crippen LogP contribution is -2.26. The Hall–Kier alpha value is -2.49. The highest BCUT2D eigenvalue weighted by Gasteiger charge is 2.05. The second kappa shape index (κ2) is 10.3. The normalized spacial score (nSPS) is 10.2. The van der Waals surface area contributed by atoms with E-state index in [2.05, 4.69) is 17.6 Å². The molecule has 0 radical (unpaired) electrons. The number of ether oxygens (including phenoxy) is 1. The molecular weight excluding hydrogens is 300 g/mol. The van der Waals surface area contributed by atoms with Crippen LogP contribution in [0.25, 0.3) is 0 Å². The van der Waals surface area contributed by atoms with E-state index in [1.165, 1.54) is 0 Å². The van der Waals surface area contributed by atoms with Crippen LogP contribution < -0.4 is 15.4 Å². The fourth-order valence-electron chi connectivity index (χ4n) is 2.32. The van der Waals surface area contributed by atoms with Gasteiger partial charge in [0.25, 0.3) is 0 Å². The van der Waals surface area contributed by atoms with Crippen LogP contribution in [-0.2, 0) is 4.79 Å². The van der Waals surface area contributed by atoms with E-state index in [9.17, 15) is 4.79 Å². The zero-order chi connectivity index (χ0) is 17.0. The van der Waals surface area contributed by atoms with Gasteiger partial charge in [0.2, 0.25) is 5.91 Å². The second-order valence-corrected chi connectivity index (χ2v) is 5.65. The monoisotopic (exact) mass is 326 g/mol. The molecule has 0 saturated carbocycles. The topological polar surface area (TPSA) is 50.4 Å². The molecule has 0 heterocycles. The molecule has 4 heteroatoms. The van der Waals surface area contributed by atoms with Gasteiger partial charge in [-0.05, 0) is 30.7 Å². The highest BCUT2D eigenvalue weighted by atomic mass is 16.5. The number of para-hydroxylation sites is 3. The van der Waals surface area contributed by atoms with Crippen molar-refractivity contribution in [1.82, 2.24) is 5.32 Å². The summed E-state index contributed by atoms with van der Waals surface area (Å²) in [6.07, 6.45) is 3.81. The molecule has 0 saturated heterocycles. The largest absolute Gasteiger partial charge is 0.455 e. The fraction of sp³-hybridized carbons (Fsp3) is 0.350. The van der Waals surface area contributed by atoms with Gasteiger partial charge in [-0.1, -0.05) is 50.1 Å². The number of anilines is 1. The predicted octanol–water partition coefficient (Wildman–Crippen LogP) is 4.59. The van der Waals surface area contributed by atoms with Gasteiger partial charge < -0.3 is 15.4 Å². The molecule has 0 bridgehead atoms. The SMILES string of the molecule is CCCCCNC(=O)CCNc1ccccc1Oc1ccccc1. The van der Waals surface area contributed by atoms with E-state index in [-0.39, 0.29) is 5.91 Å². The van der Waals surface area contributed by atoms with Crippen LogP contribution in [0, 0.1) is 0 Å². The first-order chi connectivity index (χ1) is 11.8. The van der Waals surface area contributed by atoms with Gasteiger partial charge in [0.1, 0.15) is 5.75 Å². The number of benzene rings is 2. The maximum absolute atomic E-state index is 11.8. The Balaban J connectivity index is 1.79. The first-order valence-electron chi connectivity index (χ1n) is 8.62. The van der Waals surface area contributed by atoms with Crippen molar-refractivity contribution in [2.45, 2.75) is 32.6 Å². The van der Waals surface area contributed by atoms with Crippen molar-refractivity contribution in [3.05, 3.63) is 54.6 Å². The van der Waals surface area contributed by atoms with Gasteiger partial charge in [-0.3, -0.25) is 4.79 Å². The summed E-state index contributed by atoms with van der Waals surface area (Å²) in [5.41, 5.74) is 0.889. The van der Waals surface area contributed by atoms with Gasteiger partial charge in [-0.25, -0.2) is 0 Å². The number of hydrogen-bond donors (Lipinski definition) is 2. The van der Waals surface area contributed by atoms with Crippen LogP contribution in [0.2, 0.25) is 0 Å². The Morgan fingerprint density at radius 2 is 1.71 bits per heavy atom. The minimum Gasteiger partial charge on any atom is -0.455 e. The van der Waals surface area contributed by atoms with Crippen molar-refractivity contribution in [1.29, 1.82) is 0 Å². The van der Waals surface area contributed by atoms with Crippen molar-refractivity contribution in [2.24, 2.45) is 0 Å². The average molecular weight is 326 g/mol. The fourth-order valence-corrected chi connectivity index (χ4v) is 2.32. The van der Waals surface area contributed by atoms with E-state index < -0.39 is 0 Å². The first kappa shape index (κ1) is 17.9. The summed E-state index contributed by atoms with van der Waals surface area (Å²) in [4.78, 5) is 11.8. The first-order valence-corrected chi connectivity index (χ1v) is 8.62. The number of nitrogens with one attached hydrogen (secondary N) is 2. The molecule has 1 amide bonds. The summed E-state index contributed by atoms with van der Waals surface area (Å²) < 4.78 is 5.90. The van der Waals surface area contributed by atoms with Gasteiger partial charge in [0, 0.05) is 19.5 Å². The van der Waals surface area contributed by atoms with Gasteiger partial charge in [-0.2, -0.15) is 0 Å². The standard InChI is InChI=1S/C20H26N2O2/c1-2-3-9-15-22-20(23)14-16-21-18-12-7-8-13-19(18)24-17-10-5-4-6-11-17/h4-8,10-13,21H,2-3,9,14-16H2,1H3,(H,22,23). The highest BCUT2D eigenvalue weighted by molar-refractivity contribution is 5.76. The second-order valence-electron chi connectivity index (χ2n) is 5.65. The molecule has 0 aliphatic carbocycles. The summed E-state index contributed by atoms with van der Waals surface area (Å²) in [6, 6.07) is 17.4. The molecular formula is C20H26N2O2. The van der Waals surface area contributed by atoms with Crippen LogP contribution in [0.3, 0.4) is 0 Å². The van der Waals surface area contributed by atoms with Gasteiger partial charge in [0.15, 0.2) is 5.75 Å². The Labute approximate surface area is 144 Å². The molecule has 0 aromatic heterocycles. The Bertz CT molecular complexity index is 614. The molecule has 0 atom stereocenters. The van der Waals surface area contributed by atoms with Crippen LogP contribution >= 0.6 is 0 Å². The van der Waals surface area contributed by atoms with Gasteiger partial charge >= 0.3 is 0 Å². The molecule has 0 fully saturated rings. The molecule has 2 N–H and O–H groups in total. The van der Waals surface area contributed by atoms with Gasteiger partial charge in [-0.15, -0.1) is 0 Å². The molecule has 0 aliphatic heterocycles. The Morgan fingerprint density at radius 1 is 0.958 bits per heavy atom. The molecule has 2 aromatic carbocycles. The van der Waals surface area contributed by atoms with E-state index in [1.54, 1.807) is 0 Å². The number of unbranched alkanes of at least 4 members (excludes halogenated alkanes) is 2. The zero-order valence-corrected chi connectivity index (χ0v) is 14.3. The quantitative estimate of drug-likeness (QED) is 0.628. The van der Waals surface area contributed by atoms with Crippen LogP contribution in [-0.4, -0.2) is 19.0 Å². The lowest BCUT2D eigenvalue weighted by Gasteiger charge is -2.13. The van der Waals surface area contributed by atoms with E-state index in [0.29, 0.717) is 13.0 Å². The van der Waals surface area contributed by atoms with Crippen LogP contribution in [0.4, 0.5) is 5.69 Å². The third-order valence-electron chi connectivity index (χ3n) is 3.63. The summed E-state index contributed by atoms with van der Waals surface area (Å²) in [5, 5.41) is 6.23. The van der Waals surface area contributed by atoms with Crippen LogP contribution in [0.15, 0.2) is 54.6 Å². The summed E-state index contributed by atoms with van der Waals surface area (Å²) in [6.45, 7) is 3.50. The Kier molecular flexibility index (Phi) is 7.68. The number of amides is 1. The third kappa shape index (κ3) is 6.32. The smallest absolute Gasteiger partial charge is 0.221 e. The van der Waals surface area contributed by atoms with Crippen molar-refractivity contribution in [3.63, 3.8) is 0 Å². The number of hydrogen-bond acceptors (Lipinski definition) is 3. The van der Waals surface area contributed by atoms with E-state index >= 15 is 0 Å². The molecule has 128 valence electrons. The van der Waals surface area contributed by atoms with Crippen molar-refractivity contribution >= 4 is 11.6 Å². The van der Waals surface area contributed by atoms with Crippen molar-refractivity contribution in [3.8, 4) is 11.5 Å². The van der Waals surface area contributed by atoms with Gasteiger partial charge in [0.05, 0.1) is 5.69 Å². The van der Waals surface area contributed by atoms with E-state index in [0.717, 1.165) is 43.0 Å². The number of carbonyl (C=O) groups excluding carboxylic acids is 1. The maximum atomic E-state index is 11.8. The van der Waals surface area contributed by atoms with Crippen LogP contribution in [0.1, 0.15) is 32.6 Å². The molecule has 0 aliphatic rings. The molecule has 2 rings (SSSR count). The number of rotatable bonds is 10. The lowest BCUT2D eigenvalue weighted by molar-refractivity contribution is -0.120. The number of carbonyl (C=O) groups is 1. The lowest BCUT2D eigenvalue weighted by atomic mass is 10.2. The minimum atomic E-state index is 0.0834. The molecule has 0 unspecified atom stereocenters. The molecule has 24 heavy (non-hydrogen) atoms. The average Bonchev–Trinajstić information content (AvgIpc) is 2.61. The molecule has 2 aromatic rings. The van der Waals surface area contributed by atoms with Crippen molar-refractivity contribution < 1.29 is 9.53 Å². The van der Waals surface area contributed by atoms with Crippen molar-refractivity contribution in [2.75, 3.05) is 18.4 Å². The molecule has 4 nitrogen and oxygen atoms in total. The third-order valence-corrected chi connectivity index (χ3v) is 3.63. The maximum Gasteiger partial charge on any atom is 0.221 e. The van der Waals surface area contributed by atoms with E-state index in [4.69, 9.17) is 4.74 Å². The summed E-state index contributed by atoms with van der Waals surface area (Å²) >= 11 is 0. The summed E-state index contributed by atoms with van der Waals surface area (Å²) in [7, 11) is 0. The van der Waals surface area contributed by atoms with E-state index in [1.807, 2.05) is 54.6 Å². The highest BCUT2D eigenvalue weighted by Crippen LogP contribution is 2.28. The van der Waals surface area contributed by atoms with Crippen LogP contribution in [0.5, 0.6) is 11.5 Å². The summed E-state index contributed by atoms with van der Waals surface area (Å²) in [5.74, 6) is 1.63. The molecule has 0 spiro atoms. The predicted molar refractivity (Wildman–Crippen MR) is 98.6 cm³/mol. The minimum absolute atomic E-state index is 0.0834. The Morgan fingerprint density at radius 3 is 2.50 bits per heavy atom.